The number of carbonyl (C=O) groups is 2. The van der Waals surface area contributed by atoms with Gasteiger partial charge in [0.05, 0.1) is 0 Å². The van der Waals surface area contributed by atoms with Crippen LogP contribution in [0, 0.1) is 23.7 Å². The first kappa shape index (κ1) is 22.2. The lowest BCUT2D eigenvalue weighted by Crippen LogP contribution is -2.15. The van der Waals surface area contributed by atoms with Crippen molar-refractivity contribution in [3.05, 3.63) is 0 Å². The third-order valence-electron chi connectivity index (χ3n) is 0.799. The zero-order chi connectivity index (χ0) is 16.1. The number of rotatable bonds is 0. The van der Waals surface area contributed by atoms with Crippen LogP contribution in [-0.4, -0.2) is 44.1 Å². The molecule has 4 N–H and O–H groups in total. The quantitative estimate of drug-likeness (QED) is 0.373. The van der Waals surface area contributed by atoms with E-state index in [1.54, 1.807) is 27.7 Å². The van der Waals surface area contributed by atoms with Crippen molar-refractivity contribution in [2.45, 2.75) is 45.8 Å². The average molecular weight is 272 g/mol. The third-order valence-corrected chi connectivity index (χ3v) is 0.799. The van der Waals surface area contributed by atoms with Crippen molar-refractivity contribution < 1.29 is 30.0 Å². The van der Waals surface area contributed by atoms with Crippen LogP contribution in [0.4, 0.5) is 0 Å². The summed E-state index contributed by atoms with van der Waals surface area (Å²) >= 11 is 0. The van der Waals surface area contributed by atoms with Gasteiger partial charge in [-0.15, -0.1) is 0 Å². The highest BCUT2D eigenvalue weighted by Crippen LogP contribution is 1.97. The fraction of sp³-hybridized carbons (Fsp3) is 0.538. The van der Waals surface area contributed by atoms with Gasteiger partial charge in [0, 0.05) is 6.92 Å². The molecule has 0 atom stereocenters. The zero-order valence-corrected chi connectivity index (χ0v) is 11.7. The van der Waals surface area contributed by atoms with Crippen molar-refractivity contribution in [3.8, 4) is 23.7 Å². The standard InChI is InChI=1S/C10H14O2.C2H4O2.CH2O2/c1-9(2,11)7-5-6-8-10(3,4)12;1-2(3)4;2-1-3/h11-12H,1-4H3;1H3,(H,3,4);1H,(H,2,3). The van der Waals surface area contributed by atoms with E-state index in [0.717, 1.165) is 6.92 Å². The molecule has 0 saturated carbocycles. The maximum Gasteiger partial charge on any atom is 0.300 e. The van der Waals surface area contributed by atoms with Gasteiger partial charge in [0.25, 0.3) is 12.4 Å². The van der Waals surface area contributed by atoms with E-state index >= 15 is 0 Å². The Hall–Kier alpha value is -2.02. The summed E-state index contributed by atoms with van der Waals surface area (Å²) in [6, 6.07) is 0. The molecule has 0 aromatic rings. The fourth-order valence-corrected chi connectivity index (χ4v) is 0.368. The van der Waals surface area contributed by atoms with E-state index in [1.807, 2.05) is 0 Å². The van der Waals surface area contributed by atoms with Crippen molar-refractivity contribution >= 4 is 12.4 Å². The van der Waals surface area contributed by atoms with Gasteiger partial charge in [0.2, 0.25) is 0 Å². The minimum absolute atomic E-state index is 0.250. The molecule has 0 amide bonds. The van der Waals surface area contributed by atoms with Gasteiger partial charge in [-0.2, -0.15) is 0 Å². The molecule has 0 spiro atoms. The first-order valence-electron chi connectivity index (χ1n) is 5.12. The second kappa shape index (κ2) is 11.1. The van der Waals surface area contributed by atoms with Crippen molar-refractivity contribution in [3.63, 3.8) is 0 Å². The Kier molecular flexibility index (Phi) is 13.0. The van der Waals surface area contributed by atoms with E-state index in [4.69, 9.17) is 30.0 Å². The topological polar surface area (TPSA) is 115 Å². The second-order valence-electron chi connectivity index (χ2n) is 4.24. The van der Waals surface area contributed by atoms with Crippen LogP contribution in [0.5, 0.6) is 0 Å². The summed E-state index contributed by atoms with van der Waals surface area (Å²) in [5.74, 6) is 9.12. The minimum atomic E-state index is -1.02. The van der Waals surface area contributed by atoms with Gasteiger partial charge < -0.3 is 20.4 Å². The molecule has 6 nitrogen and oxygen atoms in total. The van der Waals surface area contributed by atoms with Crippen LogP contribution in [0.1, 0.15) is 34.6 Å². The van der Waals surface area contributed by atoms with Gasteiger partial charge in [-0.1, -0.05) is 11.8 Å². The Labute approximate surface area is 113 Å². The van der Waals surface area contributed by atoms with Crippen molar-refractivity contribution in [1.82, 2.24) is 0 Å². The van der Waals surface area contributed by atoms with Gasteiger partial charge in [-0.05, 0) is 39.5 Å². The Balaban J connectivity index is -0.000000303. The normalized spacial score (nSPS) is 8.79. The van der Waals surface area contributed by atoms with E-state index in [9.17, 15) is 0 Å². The molecule has 0 fully saturated rings. The number of carboxylic acid groups (broad SMARTS) is 2. The summed E-state index contributed by atoms with van der Waals surface area (Å²) in [4.78, 5) is 17.4. The van der Waals surface area contributed by atoms with Gasteiger partial charge in [-0.3, -0.25) is 9.59 Å². The fourth-order valence-electron chi connectivity index (χ4n) is 0.368. The Morgan fingerprint density at radius 3 is 1.26 bits per heavy atom. The number of hydrogen-bond donors (Lipinski definition) is 4. The van der Waals surface area contributed by atoms with Gasteiger partial charge in [-0.25, -0.2) is 0 Å². The molecular weight excluding hydrogens is 252 g/mol. The molecule has 0 saturated heterocycles. The highest BCUT2D eigenvalue weighted by Gasteiger charge is 2.06. The smallest absolute Gasteiger partial charge is 0.300 e. The van der Waals surface area contributed by atoms with E-state index in [-0.39, 0.29) is 6.47 Å². The molecule has 0 aliphatic rings. The van der Waals surface area contributed by atoms with E-state index in [1.165, 1.54) is 0 Å². The molecule has 0 heterocycles. The molecule has 0 radical (unpaired) electrons. The Morgan fingerprint density at radius 2 is 1.16 bits per heavy atom. The molecule has 0 aromatic heterocycles. The van der Waals surface area contributed by atoms with Crippen LogP contribution in [-0.2, 0) is 9.59 Å². The van der Waals surface area contributed by atoms with Crippen LogP contribution in [0.3, 0.4) is 0 Å². The van der Waals surface area contributed by atoms with E-state index in [2.05, 4.69) is 23.7 Å². The zero-order valence-electron chi connectivity index (χ0n) is 11.7. The molecule has 0 aliphatic heterocycles. The number of hydrogen-bond acceptors (Lipinski definition) is 4. The second-order valence-corrected chi connectivity index (χ2v) is 4.24. The van der Waals surface area contributed by atoms with Crippen LogP contribution >= 0.6 is 0 Å². The molecule has 0 bridgehead atoms. The van der Waals surface area contributed by atoms with Crippen LogP contribution in [0.2, 0.25) is 0 Å². The third kappa shape index (κ3) is 64.1. The first-order valence-corrected chi connectivity index (χ1v) is 5.12. The van der Waals surface area contributed by atoms with Crippen molar-refractivity contribution in [2.75, 3.05) is 0 Å². The summed E-state index contributed by atoms with van der Waals surface area (Å²) in [7, 11) is 0. The number of aliphatic carboxylic acids is 1. The lowest BCUT2D eigenvalue weighted by Gasteiger charge is -2.05. The number of carboxylic acids is 1. The maximum atomic E-state index is 9.14. The molecule has 19 heavy (non-hydrogen) atoms. The van der Waals surface area contributed by atoms with Crippen molar-refractivity contribution in [1.29, 1.82) is 0 Å². The van der Waals surface area contributed by atoms with Gasteiger partial charge in [0.15, 0.2) is 0 Å². The Bertz CT molecular complexity index is 342. The Morgan fingerprint density at radius 1 is 1.00 bits per heavy atom. The highest BCUT2D eigenvalue weighted by atomic mass is 16.4. The minimum Gasteiger partial charge on any atom is -0.483 e. The summed E-state index contributed by atoms with van der Waals surface area (Å²) in [5, 5.41) is 32.6. The van der Waals surface area contributed by atoms with E-state index in [0.29, 0.717) is 0 Å². The van der Waals surface area contributed by atoms with Crippen LogP contribution in [0.15, 0.2) is 0 Å². The van der Waals surface area contributed by atoms with Crippen LogP contribution in [0.25, 0.3) is 0 Å². The number of aliphatic hydroxyl groups is 2. The monoisotopic (exact) mass is 272 g/mol. The van der Waals surface area contributed by atoms with Crippen LogP contribution < -0.4 is 0 Å². The molecule has 0 aromatic carbocycles. The highest BCUT2D eigenvalue weighted by molar-refractivity contribution is 5.62. The molecule has 0 rings (SSSR count). The lowest BCUT2D eigenvalue weighted by molar-refractivity contribution is -0.134. The van der Waals surface area contributed by atoms with Gasteiger partial charge >= 0.3 is 0 Å². The molecule has 6 heteroatoms. The largest absolute Gasteiger partial charge is 0.483 e. The first-order chi connectivity index (χ1) is 8.35. The summed E-state index contributed by atoms with van der Waals surface area (Å²) in [6.45, 7) is 7.13. The molecule has 0 unspecified atom stereocenters. The summed E-state index contributed by atoms with van der Waals surface area (Å²) in [5.41, 5.74) is -2.04. The van der Waals surface area contributed by atoms with E-state index < -0.39 is 17.2 Å². The molecule has 0 aliphatic carbocycles. The molecular formula is C13H20O6. The lowest BCUT2D eigenvalue weighted by atomic mass is 10.1. The predicted octanol–water partition coefficient (Wildman–Crippen LogP) is 0.327. The maximum absolute atomic E-state index is 9.14. The predicted molar refractivity (Wildman–Crippen MR) is 70.2 cm³/mol. The van der Waals surface area contributed by atoms with Gasteiger partial charge in [0.1, 0.15) is 11.2 Å². The summed E-state index contributed by atoms with van der Waals surface area (Å²) < 4.78 is 0. The molecule has 108 valence electrons. The van der Waals surface area contributed by atoms with Crippen molar-refractivity contribution in [2.24, 2.45) is 0 Å². The SMILES string of the molecule is CC(=O)O.CC(C)(O)C#CC#CC(C)(C)O.O=CO. The average Bonchev–Trinajstić information content (AvgIpc) is 2.10. The summed E-state index contributed by atoms with van der Waals surface area (Å²) in [6.07, 6.45) is 0.